The van der Waals surface area contributed by atoms with Crippen LogP contribution in [0.15, 0.2) is 79.3 Å². The lowest BCUT2D eigenvalue weighted by Crippen LogP contribution is -2.60. The van der Waals surface area contributed by atoms with Crippen LogP contribution >= 0.6 is 0 Å². The molecule has 4 heterocycles. The van der Waals surface area contributed by atoms with Crippen LogP contribution < -0.4 is 5.73 Å². The Balaban J connectivity index is 1.33. The third-order valence-corrected chi connectivity index (χ3v) is 7.99. The number of hydrogen-bond acceptors (Lipinski definition) is 6. The summed E-state index contributed by atoms with van der Waals surface area (Å²) >= 11 is 0. The highest BCUT2D eigenvalue weighted by Gasteiger charge is 2.57. The van der Waals surface area contributed by atoms with Crippen LogP contribution in [0.4, 0.5) is 0 Å². The molecular weight excluding hydrogens is 462 g/mol. The first kappa shape index (κ1) is 22.5. The van der Waals surface area contributed by atoms with E-state index in [0.717, 1.165) is 39.8 Å². The topological polar surface area (TPSA) is 87.6 Å². The summed E-state index contributed by atoms with van der Waals surface area (Å²) in [7, 11) is 0. The quantitative estimate of drug-likeness (QED) is 0.365. The van der Waals surface area contributed by atoms with Gasteiger partial charge in [0.2, 0.25) is 0 Å². The molecule has 1 atom stereocenters. The Bertz CT molecular complexity index is 1580. The molecule has 2 aliphatic rings. The summed E-state index contributed by atoms with van der Waals surface area (Å²) in [6, 6.07) is 23.5. The van der Waals surface area contributed by atoms with Crippen molar-refractivity contribution < 1.29 is 9.47 Å². The normalized spacial score (nSPS) is 18.9. The molecule has 0 radical (unpaired) electrons. The molecule has 1 spiro atoms. The largest absolute Gasteiger partial charge is 0.347 e. The van der Waals surface area contributed by atoms with Crippen molar-refractivity contribution in [3.05, 3.63) is 95.9 Å². The van der Waals surface area contributed by atoms with Crippen LogP contribution in [0.2, 0.25) is 0 Å². The van der Waals surface area contributed by atoms with Gasteiger partial charge in [-0.25, -0.2) is 4.98 Å². The van der Waals surface area contributed by atoms with Gasteiger partial charge < -0.3 is 15.2 Å². The van der Waals surface area contributed by atoms with Gasteiger partial charge in [-0.05, 0) is 35.2 Å². The van der Waals surface area contributed by atoms with E-state index >= 15 is 0 Å². The van der Waals surface area contributed by atoms with Crippen LogP contribution in [-0.4, -0.2) is 38.6 Å². The number of nitrogens with zero attached hydrogens (tertiary/aromatic N) is 4. The first-order valence-corrected chi connectivity index (χ1v) is 12.9. The maximum atomic E-state index is 6.77. The standard InChI is InChI=1S/C30H29N5O2/c1-2-23(20-6-4-3-5-7-20)24-16-25-26(12-13-35-19-32-34-28(25)35)33-27(24)21-8-10-22(11-9-21)29(31)17-30(18-29)36-14-15-37-30/h3-13,16,19,23H,2,14-15,17-18,31H2,1H3. The molecule has 1 saturated heterocycles. The van der Waals surface area contributed by atoms with E-state index in [1.165, 1.54) is 11.1 Å². The molecule has 1 saturated carbocycles. The summed E-state index contributed by atoms with van der Waals surface area (Å²) in [5, 5.41) is 9.49. The van der Waals surface area contributed by atoms with Gasteiger partial charge in [0.05, 0.1) is 30.0 Å². The maximum absolute atomic E-state index is 6.77. The lowest BCUT2D eigenvalue weighted by atomic mass is 9.68. The van der Waals surface area contributed by atoms with Crippen molar-refractivity contribution in [1.82, 2.24) is 19.6 Å². The second-order valence-electron chi connectivity index (χ2n) is 10.3. The Morgan fingerprint density at radius 1 is 1.00 bits per heavy atom. The second kappa shape index (κ2) is 8.45. The number of nitrogens with two attached hydrogens (primary N) is 1. The first-order valence-electron chi connectivity index (χ1n) is 12.9. The van der Waals surface area contributed by atoms with Gasteiger partial charge in [0, 0.05) is 35.9 Å². The maximum Gasteiger partial charge on any atom is 0.172 e. The van der Waals surface area contributed by atoms with Gasteiger partial charge in [-0.15, -0.1) is 10.2 Å². The van der Waals surface area contributed by atoms with Crippen LogP contribution in [0.3, 0.4) is 0 Å². The predicted octanol–water partition coefficient (Wildman–Crippen LogP) is 5.18. The average Bonchev–Trinajstić information content (AvgIpc) is 3.60. The number of benzene rings is 2. The third-order valence-electron chi connectivity index (χ3n) is 7.99. The zero-order chi connectivity index (χ0) is 25.0. The highest BCUT2D eigenvalue weighted by molar-refractivity contribution is 5.93. The second-order valence-corrected chi connectivity index (χ2v) is 10.3. The Kier molecular flexibility index (Phi) is 5.15. The zero-order valence-electron chi connectivity index (χ0n) is 20.8. The first-order chi connectivity index (χ1) is 18.1. The molecule has 0 amide bonds. The molecule has 5 aromatic rings. The molecule has 2 aromatic carbocycles. The lowest BCUT2D eigenvalue weighted by Gasteiger charge is -2.50. The Morgan fingerprint density at radius 3 is 2.49 bits per heavy atom. The molecule has 186 valence electrons. The van der Waals surface area contributed by atoms with E-state index in [2.05, 4.69) is 77.8 Å². The molecule has 1 unspecified atom stereocenters. The third kappa shape index (κ3) is 3.65. The molecule has 7 heteroatoms. The number of ether oxygens (including phenoxy) is 2. The van der Waals surface area contributed by atoms with E-state index in [1.807, 2.05) is 16.7 Å². The summed E-state index contributed by atoms with van der Waals surface area (Å²) in [6.45, 7) is 3.52. The summed E-state index contributed by atoms with van der Waals surface area (Å²) in [4.78, 5) is 5.20. The minimum Gasteiger partial charge on any atom is -0.347 e. The molecule has 7 rings (SSSR count). The van der Waals surface area contributed by atoms with Crippen molar-refractivity contribution in [2.45, 2.75) is 43.4 Å². The molecule has 37 heavy (non-hydrogen) atoms. The van der Waals surface area contributed by atoms with E-state index in [0.29, 0.717) is 26.1 Å². The van der Waals surface area contributed by atoms with E-state index in [4.69, 9.17) is 20.2 Å². The summed E-state index contributed by atoms with van der Waals surface area (Å²) in [6.07, 6.45) is 6.00. The van der Waals surface area contributed by atoms with E-state index in [-0.39, 0.29) is 5.92 Å². The number of pyridine rings is 2. The zero-order valence-corrected chi connectivity index (χ0v) is 20.8. The van der Waals surface area contributed by atoms with Gasteiger partial charge in [0.15, 0.2) is 11.4 Å². The smallest absolute Gasteiger partial charge is 0.172 e. The van der Waals surface area contributed by atoms with Crippen LogP contribution in [-0.2, 0) is 15.0 Å². The van der Waals surface area contributed by atoms with Gasteiger partial charge in [-0.2, -0.15) is 0 Å². The SMILES string of the molecule is CCC(c1ccccc1)c1cc2c(ccn3cnnc23)nc1-c1ccc(C2(N)CC3(C2)OCCO3)cc1. The lowest BCUT2D eigenvalue weighted by molar-refractivity contribution is -0.239. The Hall–Kier alpha value is -3.65. The van der Waals surface area contributed by atoms with E-state index < -0.39 is 11.3 Å². The fourth-order valence-corrected chi connectivity index (χ4v) is 6.14. The summed E-state index contributed by atoms with van der Waals surface area (Å²) in [5.74, 6) is -0.294. The van der Waals surface area contributed by atoms with Gasteiger partial charge in [0.25, 0.3) is 0 Å². The van der Waals surface area contributed by atoms with Crippen molar-refractivity contribution in [1.29, 1.82) is 0 Å². The van der Waals surface area contributed by atoms with Gasteiger partial charge in [-0.1, -0.05) is 61.5 Å². The molecule has 7 nitrogen and oxygen atoms in total. The fourth-order valence-electron chi connectivity index (χ4n) is 6.14. The molecule has 2 fully saturated rings. The Labute approximate surface area is 215 Å². The van der Waals surface area contributed by atoms with Crippen molar-refractivity contribution >= 4 is 16.6 Å². The number of aromatic nitrogens is 4. The number of hydrogen-bond donors (Lipinski definition) is 1. The van der Waals surface area contributed by atoms with Gasteiger partial charge in [-0.3, -0.25) is 4.40 Å². The van der Waals surface area contributed by atoms with Crippen LogP contribution in [0.25, 0.3) is 27.8 Å². The van der Waals surface area contributed by atoms with E-state index in [9.17, 15) is 0 Å². The monoisotopic (exact) mass is 491 g/mol. The summed E-state index contributed by atoms with van der Waals surface area (Å²) < 4.78 is 13.6. The average molecular weight is 492 g/mol. The van der Waals surface area contributed by atoms with Crippen molar-refractivity contribution in [2.75, 3.05) is 13.2 Å². The molecule has 1 aliphatic heterocycles. The minimum absolute atomic E-state index is 0.194. The minimum atomic E-state index is -0.489. The highest BCUT2D eigenvalue weighted by Crippen LogP contribution is 2.51. The fraction of sp³-hybridized carbons (Fsp3) is 0.300. The number of rotatable bonds is 5. The van der Waals surface area contributed by atoms with Gasteiger partial charge in [0.1, 0.15) is 6.33 Å². The van der Waals surface area contributed by atoms with Crippen LogP contribution in [0.5, 0.6) is 0 Å². The van der Waals surface area contributed by atoms with Crippen molar-refractivity contribution in [3.8, 4) is 11.3 Å². The van der Waals surface area contributed by atoms with Crippen molar-refractivity contribution in [3.63, 3.8) is 0 Å². The highest BCUT2D eigenvalue weighted by atomic mass is 16.7. The van der Waals surface area contributed by atoms with Crippen LogP contribution in [0.1, 0.15) is 48.8 Å². The van der Waals surface area contributed by atoms with E-state index in [1.54, 1.807) is 6.33 Å². The van der Waals surface area contributed by atoms with Crippen LogP contribution in [0, 0.1) is 0 Å². The number of fused-ring (bicyclic) bond motifs is 3. The van der Waals surface area contributed by atoms with Gasteiger partial charge >= 0.3 is 0 Å². The van der Waals surface area contributed by atoms with Crippen molar-refractivity contribution in [2.24, 2.45) is 5.73 Å². The molecule has 0 bridgehead atoms. The predicted molar refractivity (Wildman–Crippen MR) is 142 cm³/mol. The Morgan fingerprint density at radius 2 is 1.76 bits per heavy atom. The molecular formula is C30H29N5O2. The summed E-state index contributed by atoms with van der Waals surface area (Å²) in [5.41, 5.74) is 13.7. The molecule has 1 aliphatic carbocycles. The molecule has 2 N–H and O–H groups in total. The molecule has 3 aromatic heterocycles.